The van der Waals surface area contributed by atoms with Crippen molar-refractivity contribution in [1.29, 1.82) is 0 Å². The van der Waals surface area contributed by atoms with E-state index in [0.717, 1.165) is 16.9 Å². The zero-order chi connectivity index (χ0) is 24.5. The fourth-order valence-corrected chi connectivity index (χ4v) is 4.63. The van der Waals surface area contributed by atoms with E-state index >= 15 is 0 Å². The van der Waals surface area contributed by atoms with E-state index in [1.807, 2.05) is 41.3 Å². The van der Waals surface area contributed by atoms with Gasteiger partial charge in [0.15, 0.2) is 0 Å². The highest BCUT2D eigenvalue weighted by atomic mass is 32.1. The summed E-state index contributed by atoms with van der Waals surface area (Å²) in [6.07, 6.45) is 0.929. The van der Waals surface area contributed by atoms with Crippen LogP contribution in [0.25, 0.3) is 0 Å². The summed E-state index contributed by atoms with van der Waals surface area (Å²) in [7, 11) is 1.58. The Morgan fingerprint density at radius 1 is 0.971 bits per heavy atom. The first-order valence-corrected chi connectivity index (χ1v) is 12.5. The summed E-state index contributed by atoms with van der Waals surface area (Å²) >= 11 is 1.70. The number of hydrogen-bond acceptors (Lipinski definition) is 4. The number of ether oxygens (including phenoxy) is 1. The van der Waals surface area contributed by atoms with Crippen molar-refractivity contribution in [3.63, 3.8) is 0 Å². The molecule has 5 nitrogen and oxygen atoms in total. The van der Waals surface area contributed by atoms with Crippen LogP contribution in [0.2, 0.25) is 0 Å². The van der Waals surface area contributed by atoms with Gasteiger partial charge in [0, 0.05) is 28.4 Å². The van der Waals surface area contributed by atoms with Crippen LogP contribution in [0.4, 0.5) is 0 Å². The highest BCUT2D eigenvalue weighted by molar-refractivity contribution is 7.11. The number of rotatable bonds is 11. The van der Waals surface area contributed by atoms with Crippen LogP contribution in [-0.2, 0) is 17.9 Å². The van der Waals surface area contributed by atoms with E-state index in [4.69, 9.17) is 4.74 Å². The Morgan fingerprint density at radius 2 is 1.74 bits per heavy atom. The van der Waals surface area contributed by atoms with Crippen LogP contribution in [0.5, 0.6) is 5.75 Å². The SMILES string of the molecule is CCC(C)CN(CC(=O)N(Cc1ccccc1)Cc1ccc(C)s1)C(=O)c1cccc(OC)c1. The van der Waals surface area contributed by atoms with E-state index in [-0.39, 0.29) is 24.3 Å². The molecule has 0 aliphatic heterocycles. The van der Waals surface area contributed by atoms with Gasteiger partial charge in [-0.05, 0) is 48.7 Å². The molecule has 0 fully saturated rings. The minimum absolute atomic E-state index is 0.0393. The molecule has 0 aliphatic carbocycles. The molecule has 0 spiro atoms. The molecule has 3 rings (SSSR count). The summed E-state index contributed by atoms with van der Waals surface area (Å²) in [4.78, 5) is 32.9. The molecule has 0 N–H and O–H groups in total. The minimum Gasteiger partial charge on any atom is -0.497 e. The summed E-state index contributed by atoms with van der Waals surface area (Å²) in [5, 5.41) is 0. The highest BCUT2D eigenvalue weighted by Crippen LogP contribution is 2.20. The third kappa shape index (κ3) is 7.19. The number of carbonyl (C=O) groups is 2. The van der Waals surface area contributed by atoms with Gasteiger partial charge >= 0.3 is 0 Å². The zero-order valence-corrected chi connectivity index (χ0v) is 21.3. The van der Waals surface area contributed by atoms with Crippen molar-refractivity contribution in [3.8, 4) is 5.75 Å². The van der Waals surface area contributed by atoms with Gasteiger partial charge in [0.2, 0.25) is 5.91 Å². The standard InChI is InChI=1S/C28H34N2O3S/c1-5-21(2)17-30(28(32)24-12-9-13-25(16-24)33-4)20-27(31)29(18-23-10-7-6-8-11-23)19-26-15-14-22(3)34-26/h6-16,21H,5,17-20H2,1-4H3. The molecule has 6 heteroatoms. The predicted octanol–water partition coefficient (Wildman–Crippen LogP) is 5.78. The number of nitrogens with zero attached hydrogens (tertiary/aromatic N) is 2. The number of thiophene rings is 1. The molecule has 0 radical (unpaired) electrons. The van der Waals surface area contributed by atoms with Crippen LogP contribution in [0.1, 0.15) is 45.9 Å². The van der Waals surface area contributed by atoms with E-state index in [9.17, 15) is 9.59 Å². The number of aryl methyl sites for hydroxylation is 1. The first-order chi connectivity index (χ1) is 16.4. The van der Waals surface area contributed by atoms with Gasteiger partial charge in [-0.3, -0.25) is 9.59 Å². The Balaban J connectivity index is 1.84. The largest absolute Gasteiger partial charge is 0.497 e. The van der Waals surface area contributed by atoms with E-state index < -0.39 is 0 Å². The molecular formula is C28H34N2O3S. The maximum absolute atomic E-state index is 13.6. The molecule has 1 unspecified atom stereocenters. The van der Waals surface area contributed by atoms with E-state index in [1.165, 1.54) is 4.88 Å². The van der Waals surface area contributed by atoms with Crippen molar-refractivity contribution < 1.29 is 14.3 Å². The van der Waals surface area contributed by atoms with Gasteiger partial charge in [0.05, 0.1) is 13.7 Å². The fourth-order valence-electron chi connectivity index (χ4n) is 3.72. The second kappa shape index (κ2) is 12.4. The van der Waals surface area contributed by atoms with E-state index in [0.29, 0.717) is 30.9 Å². The average Bonchev–Trinajstić information content (AvgIpc) is 3.27. The van der Waals surface area contributed by atoms with Crippen LogP contribution in [0.15, 0.2) is 66.7 Å². The maximum atomic E-state index is 13.6. The Morgan fingerprint density at radius 3 is 2.38 bits per heavy atom. The summed E-state index contributed by atoms with van der Waals surface area (Å²) < 4.78 is 5.30. The van der Waals surface area contributed by atoms with Crippen molar-refractivity contribution in [2.24, 2.45) is 5.92 Å². The summed E-state index contributed by atoms with van der Waals surface area (Å²) in [5.41, 5.74) is 1.59. The topological polar surface area (TPSA) is 49.9 Å². The number of amides is 2. The van der Waals surface area contributed by atoms with Gasteiger partial charge in [-0.2, -0.15) is 0 Å². The Hall–Kier alpha value is -3.12. The van der Waals surface area contributed by atoms with Gasteiger partial charge < -0.3 is 14.5 Å². The predicted molar refractivity (Wildman–Crippen MR) is 138 cm³/mol. The normalized spacial score (nSPS) is 11.6. The smallest absolute Gasteiger partial charge is 0.254 e. The van der Waals surface area contributed by atoms with Gasteiger partial charge in [0.25, 0.3) is 5.91 Å². The summed E-state index contributed by atoms with van der Waals surface area (Å²) in [5.74, 6) is 0.693. The molecule has 2 aromatic carbocycles. The fraction of sp³-hybridized carbons (Fsp3) is 0.357. The molecule has 0 aliphatic rings. The van der Waals surface area contributed by atoms with Crippen molar-refractivity contribution in [3.05, 3.63) is 87.6 Å². The number of benzene rings is 2. The maximum Gasteiger partial charge on any atom is 0.254 e. The molecule has 1 aromatic heterocycles. The third-order valence-electron chi connectivity index (χ3n) is 5.87. The van der Waals surface area contributed by atoms with Gasteiger partial charge in [0.1, 0.15) is 12.3 Å². The molecule has 1 atom stereocenters. The lowest BCUT2D eigenvalue weighted by molar-refractivity contribution is -0.133. The Kier molecular flexibility index (Phi) is 9.28. The monoisotopic (exact) mass is 478 g/mol. The third-order valence-corrected chi connectivity index (χ3v) is 6.86. The Labute approximate surface area is 207 Å². The first kappa shape index (κ1) is 25.5. The molecule has 3 aromatic rings. The highest BCUT2D eigenvalue weighted by Gasteiger charge is 2.24. The van der Waals surface area contributed by atoms with Crippen LogP contribution in [0, 0.1) is 12.8 Å². The summed E-state index contributed by atoms with van der Waals surface area (Å²) in [6.45, 7) is 7.86. The van der Waals surface area contributed by atoms with Crippen molar-refractivity contribution in [2.75, 3.05) is 20.2 Å². The van der Waals surface area contributed by atoms with Crippen LogP contribution in [-0.4, -0.2) is 41.8 Å². The molecular weight excluding hydrogens is 444 g/mol. The van der Waals surface area contributed by atoms with Crippen LogP contribution >= 0.6 is 11.3 Å². The van der Waals surface area contributed by atoms with Crippen LogP contribution < -0.4 is 4.74 Å². The van der Waals surface area contributed by atoms with Crippen LogP contribution in [0.3, 0.4) is 0 Å². The molecule has 0 saturated heterocycles. The number of methoxy groups -OCH3 is 1. The van der Waals surface area contributed by atoms with Gasteiger partial charge in [-0.15, -0.1) is 11.3 Å². The van der Waals surface area contributed by atoms with E-state index in [2.05, 4.69) is 32.9 Å². The molecule has 2 amide bonds. The molecule has 0 saturated carbocycles. The first-order valence-electron chi connectivity index (χ1n) is 11.7. The van der Waals surface area contributed by atoms with E-state index in [1.54, 1.807) is 41.5 Å². The zero-order valence-electron chi connectivity index (χ0n) is 20.5. The quantitative estimate of drug-likeness (QED) is 0.351. The second-order valence-electron chi connectivity index (χ2n) is 8.68. The molecule has 180 valence electrons. The lowest BCUT2D eigenvalue weighted by atomic mass is 10.1. The molecule has 0 bridgehead atoms. The lowest BCUT2D eigenvalue weighted by Crippen LogP contribution is -2.44. The summed E-state index contributed by atoms with van der Waals surface area (Å²) in [6, 6.07) is 21.2. The Bertz CT molecular complexity index is 1080. The molecule has 1 heterocycles. The van der Waals surface area contributed by atoms with Crippen molar-refractivity contribution in [2.45, 2.75) is 40.3 Å². The lowest BCUT2D eigenvalue weighted by Gasteiger charge is -2.29. The van der Waals surface area contributed by atoms with Gasteiger partial charge in [-0.25, -0.2) is 0 Å². The van der Waals surface area contributed by atoms with Gasteiger partial charge in [-0.1, -0.05) is 56.7 Å². The molecule has 34 heavy (non-hydrogen) atoms. The number of hydrogen-bond donors (Lipinski definition) is 0. The number of carbonyl (C=O) groups excluding carboxylic acids is 2. The minimum atomic E-state index is -0.154. The van der Waals surface area contributed by atoms with Crippen molar-refractivity contribution >= 4 is 23.2 Å². The van der Waals surface area contributed by atoms with Crippen molar-refractivity contribution in [1.82, 2.24) is 9.80 Å². The second-order valence-corrected chi connectivity index (χ2v) is 10.1. The average molecular weight is 479 g/mol.